The Labute approximate surface area is 112 Å². The lowest BCUT2D eigenvalue weighted by molar-refractivity contribution is -0.126. The average Bonchev–Trinajstić information content (AvgIpc) is 2.90. The molecule has 2 amide bonds. The number of anilines is 1. The Hall–Kier alpha value is -1.91. The maximum atomic E-state index is 12.3. The first-order valence-electron chi connectivity index (χ1n) is 6.66. The van der Waals surface area contributed by atoms with Gasteiger partial charge in [-0.15, -0.1) is 0 Å². The lowest BCUT2D eigenvalue weighted by atomic mass is 9.97. The van der Waals surface area contributed by atoms with Gasteiger partial charge >= 0.3 is 0 Å². The van der Waals surface area contributed by atoms with Gasteiger partial charge in [-0.2, -0.15) is 0 Å². The van der Waals surface area contributed by atoms with E-state index < -0.39 is 6.04 Å². The van der Waals surface area contributed by atoms with E-state index in [4.69, 9.17) is 0 Å². The van der Waals surface area contributed by atoms with Gasteiger partial charge in [-0.3, -0.25) is 9.59 Å². The van der Waals surface area contributed by atoms with E-state index in [1.807, 2.05) is 6.07 Å². The number of amides is 2. The van der Waals surface area contributed by atoms with E-state index in [9.17, 15) is 9.59 Å². The highest BCUT2D eigenvalue weighted by atomic mass is 16.2. The number of hydrogen-bond acceptors (Lipinski definition) is 3. The van der Waals surface area contributed by atoms with Gasteiger partial charge in [0.15, 0.2) is 0 Å². The van der Waals surface area contributed by atoms with Gasteiger partial charge < -0.3 is 10.6 Å². The van der Waals surface area contributed by atoms with Crippen LogP contribution in [0.3, 0.4) is 0 Å². The summed E-state index contributed by atoms with van der Waals surface area (Å²) in [4.78, 5) is 27.6. The number of carbonyl (C=O) groups excluding carboxylic acids is 2. The van der Waals surface area contributed by atoms with Crippen molar-refractivity contribution < 1.29 is 9.59 Å². The second-order valence-electron chi connectivity index (χ2n) is 4.93. The van der Waals surface area contributed by atoms with Crippen LogP contribution in [0, 0.1) is 5.92 Å². The number of carbonyl (C=O) groups is 2. The van der Waals surface area contributed by atoms with Crippen LogP contribution >= 0.6 is 0 Å². The third-order valence-corrected chi connectivity index (χ3v) is 3.43. The molecule has 5 nitrogen and oxygen atoms in total. The molecule has 1 aliphatic rings. The van der Waals surface area contributed by atoms with Gasteiger partial charge in [-0.1, -0.05) is 18.9 Å². The predicted octanol–water partition coefficient (Wildman–Crippen LogP) is 1.71. The summed E-state index contributed by atoms with van der Waals surface area (Å²) < 4.78 is 0. The molecule has 0 aromatic carbocycles. The summed E-state index contributed by atoms with van der Waals surface area (Å²) in [5.74, 6) is 0.391. The first kappa shape index (κ1) is 13.5. The lowest BCUT2D eigenvalue weighted by Crippen LogP contribution is -2.47. The Bertz CT molecular complexity index is 441. The van der Waals surface area contributed by atoms with Crippen molar-refractivity contribution in [1.29, 1.82) is 0 Å². The third kappa shape index (κ3) is 3.77. The maximum Gasteiger partial charge on any atom is 0.248 e. The number of aromatic nitrogens is 1. The minimum Gasteiger partial charge on any atom is -0.344 e. The molecule has 0 saturated heterocycles. The van der Waals surface area contributed by atoms with E-state index in [2.05, 4.69) is 15.6 Å². The molecule has 1 heterocycles. The molecule has 0 radical (unpaired) electrons. The highest BCUT2D eigenvalue weighted by molar-refractivity contribution is 5.96. The first-order chi connectivity index (χ1) is 9.16. The van der Waals surface area contributed by atoms with Crippen molar-refractivity contribution >= 4 is 17.6 Å². The highest BCUT2D eigenvalue weighted by Gasteiger charge is 2.31. The van der Waals surface area contributed by atoms with Gasteiger partial charge in [0.05, 0.1) is 0 Å². The summed E-state index contributed by atoms with van der Waals surface area (Å²) in [5.41, 5.74) is 0. The zero-order valence-electron chi connectivity index (χ0n) is 11.1. The summed E-state index contributed by atoms with van der Waals surface area (Å²) in [6.45, 7) is 1.44. The first-order valence-corrected chi connectivity index (χ1v) is 6.66. The second-order valence-corrected chi connectivity index (χ2v) is 4.93. The van der Waals surface area contributed by atoms with Crippen LogP contribution in [0.1, 0.15) is 32.6 Å². The molecule has 2 rings (SSSR count). The van der Waals surface area contributed by atoms with Crippen LogP contribution in [0.4, 0.5) is 5.82 Å². The quantitative estimate of drug-likeness (QED) is 0.866. The van der Waals surface area contributed by atoms with Gasteiger partial charge in [0, 0.05) is 13.1 Å². The topological polar surface area (TPSA) is 71.1 Å². The van der Waals surface area contributed by atoms with Crippen molar-refractivity contribution in [3.8, 4) is 0 Å². The van der Waals surface area contributed by atoms with E-state index in [1.165, 1.54) is 6.92 Å². The number of hydrogen-bond donors (Lipinski definition) is 2. The van der Waals surface area contributed by atoms with E-state index in [0.29, 0.717) is 5.82 Å². The molecule has 0 spiro atoms. The van der Waals surface area contributed by atoms with E-state index in [-0.39, 0.29) is 17.7 Å². The lowest BCUT2D eigenvalue weighted by Gasteiger charge is -2.23. The van der Waals surface area contributed by atoms with E-state index >= 15 is 0 Å². The zero-order chi connectivity index (χ0) is 13.7. The van der Waals surface area contributed by atoms with Crippen molar-refractivity contribution in [2.75, 3.05) is 5.32 Å². The summed E-state index contributed by atoms with van der Waals surface area (Å²) in [7, 11) is 0. The Morgan fingerprint density at radius 3 is 2.63 bits per heavy atom. The SMILES string of the molecule is CC(=O)N[C@H](C(=O)Nc1ccccn1)C1CCCC1. The minimum absolute atomic E-state index is 0.173. The van der Waals surface area contributed by atoms with Crippen LogP contribution in [0.15, 0.2) is 24.4 Å². The van der Waals surface area contributed by atoms with Gasteiger partial charge in [-0.05, 0) is 30.9 Å². The summed E-state index contributed by atoms with van der Waals surface area (Å²) in [6.07, 6.45) is 5.84. The Morgan fingerprint density at radius 2 is 2.05 bits per heavy atom. The van der Waals surface area contributed by atoms with Crippen LogP contribution in [-0.4, -0.2) is 22.8 Å². The molecule has 1 aliphatic carbocycles. The van der Waals surface area contributed by atoms with Gasteiger partial charge in [0.25, 0.3) is 0 Å². The molecule has 102 valence electrons. The van der Waals surface area contributed by atoms with Crippen molar-refractivity contribution in [1.82, 2.24) is 10.3 Å². The van der Waals surface area contributed by atoms with Crippen molar-refractivity contribution in [2.45, 2.75) is 38.6 Å². The minimum atomic E-state index is -0.456. The molecule has 0 aliphatic heterocycles. The molecule has 0 unspecified atom stereocenters. The molecule has 19 heavy (non-hydrogen) atoms. The molecule has 0 bridgehead atoms. The van der Waals surface area contributed by atoms with Crippen molar-refractivity contribution in [3.63, 3.8) is 0 Å². The number of rotatable bonds is 4. The molecule has 2 N–H and O–H groups in total. The van der Waals surface area contributed by atoms with Gasteiger partial charge in [-0.25, -0.2) is 4.98 Å². The standard InChI is InChI=1S/C14H19N3O2/c1-10(18)16-13(11-6-2-3-7-11)14(19)17-12-8-4-5-9-15-12/h4-5,8-9,11,13H,2-3,6-7H2,1H3,(H,16,18)(H,15,17,19)/t13-/m0/s1. The van der Waals surface area contributed by atoms with E-state index in [0.717, 1.165) is 25.7 Å². The fourth-order valence-corrected chi connectivity index (χ4v) is 2.55. The molecule has 1 aromatic heterocycles. The summed E-state index contributed by atoms with van der Waals surface area (Å²) in [6, 6.07) is 4.88. The van der Waals surface area contributed by atoms with Crippen LogP contribution in [0.5, 0.6) is 0 Å². The number of pyridine rings is 1. The molecular weight excluding hydrogens is 242 g/mol. The van der Waals surface area contributed by atoms with E-state index in [1.54, 1.807) is 18.3 Å². The number of nitrogens with zero attached hydrogens (tertiary/aromatic N) is 1. The summed E-state index contributed by atoms with van der Waals surface area (Å²) >= 11 is 0. The van der Waals surface area contributed by atoms with Crippen LogP contribution < -0.4 is 10.6 Å². The Kier molecular flexibility index (Phi) is 4.49. The fraction of sp³-hybridized carbons (Fsp3) is 0.500. The molecular formula is C14H19N3O2. The third-order valence-electron chi connectivity index (χ3n) is 3.43. The average molecular weight is 261 g/mol. The van der Waals surface area contributed by atoms with Gasteiger partial charge in [0.1, 0.15) is 11.9 Å². The Balaban J connectivity index is 2.04. The fourth-order valence-electron chi connectivity index (χ4n) is 2.55. The zero-order valence-corrected chi connectivity index (χ0v) is 11.1. The Morgan fingerprint density at radius 1 is 1.32 bits per heavy atom. The van der Waals surface area contributed by atoms with Gasteiger partial charge in [0.2, 0.25) is 11.8 Å². The highest BCUT2D eigenvalue weighted by Crippen LogP contribution is 2.28. The molecule has 1 atom stereocenters. The smallest absolute Gasteiger partial charge is 0.248 e. The van der Waals surface area contributed by atoms with Crippen LogP contribution in [0.2, 0.25) is 0 Å². The predicted molar refractivity (Wildman–Crippen MR) is 72.4 cm³/mol. The summed E-state index contributed by atoms with van der Waals surface area (Å²) in [5, 5.41) is 5.52. The molecule has 5 heteroatoms. The number of nitrogens with one attached hydrogen (secondary N) is 2. The van der Waals surface area contributed by atoms with Crippen molar-refractivity contribution in [2.24, 2.45) is 5.92 Å². The molecule has 1 saturated carbocycles. The molecule has 1 aromatic rings. The second kappa shape index (κ2) is 6.31. The van der Waals surface area contributed by atoms with Crippen LogP contribution in [-0.2, 0) is 9.59 Å². The monoisotopic (exact) mass is 261 g/mol. The van der Waals surface area contributed by atoms with Crippen LogP contribution in [0.25, 0.3) is 0 Å². The maximum absolute atomic E-state index is 12.3. The largest absolute Gasteiger partial charge is 0.344 e. The normalized spacial score (nSPS) is 16.9. The molecule has 1 fully saturated rings. The van der Waals surface area contributed by atoms with Crippen molar-refractivity contribution in [3.05, 3.63) is 24.4 Å².